The average Bonchev–Trinajstić information content (AvgIpc) is 2.37. The second-order valence-electron chi connectivity index (χ2n) is 4.08. The Morgan fingerprint density at radius 1 is 1.26 bits per heavy atom. The van der Waals surface area contributed by atoms with Crippen molar-refractivity contribution in [1.82, 2.24) is 0 Å². The van der Waals surface area contributed by atoms with Gasteiger partial charge in [-0.2, -0.15) is 0 Å². The van der Waals surface area contributed by atoms with Crippen LogP contribution >= 0.6 is 15.9 Å². The summed E-state index contributed by atoms with van der Waals surface area (Å²) >= 11 is 3.04. The van der Waals surface area contributed by atoms with Crippen molar-refractivity contribution in [2.75, 3.05) is 5.32 Å². The summed E-state index contributed by atoms with van der Waals surface area (Å²) in [5.41, 5.74) is 1.35. The zero-order chi connectivity index (χ0) is 14.0. The van der Waals surface area contributed by atoms with E-state index >= 15 is 0 Å². The summed E-state index contributed by atoms with van der Waals surface area (Å²) < 4.78 is 13.6. The Bertz CT molecular complexity index is 643. The summed E-state index contributed by atoms with van der Waals surface area (Å²) in [5, 5.41) is 12.1. The molecule has 3 nitrogen and oxygen atoms in total. The number of hydrogen-bond donors (Lipinski definition) is 2. The van der Waals surface area contributed by atoms with Gasteiger partial charge in [0.15, 0.2) is 0 Å². The quantitative estimate of drug-likeness (QED) is 0.881. The number of carbonyl (C=O) groups is 1. The van der Waals surface area contributed by atoms with Crippen LogP contribution in [0.25, 0.3) is 0 Å². The predicted octanol–water partition coefficient (Wildman–Crippen LogP) is 3.85. The molecule has 98 valence electrons. The van der Waals surface area contributed by atoms with E-state index in [9.17, 15) is 14.3 Å². The first-order chi connectivity index (χ1) is 8.97. The number of carbonyl (C=O) groups excluding carboxylic acids is 1. The molecule has 0 aliphatic carbocycles. The minimum atomic E-state index is -0.454. The van der Waals surface area contributed by atoms with Crippen molar-refractivity contribution >= 4 is 27.5 Å². The van der Waals surface area contributed by atoms with E-state index in [-0.39, 0.29) is 5.75 Å². The van der Waals surface area contributed by atoms with E-state index in [1.54, 1.807) is 25.1 Å². The number of nitrogens with one attached hydrogen (secondary N) is 1. The summed E-state index contributed by atoms with van der Waals surface area (Å²) in [6.07, 6.45) is 0. The average molecular weight is 324 g/mol. The van der Waals surface area contributed by atoms with Gasteiger partial charge in [0.05, 0.1) is 4.47 Å². The van der Waals surface area contributed by atoms with Crippen LogP contribution in [0.15, 0.2) is 40.9 Å². The standard InChI is InChI=1S/C14H11BrFNO2/c1-8-2-3-9(6-13(8)18)14(19)17-10-4-5-11(15)12(16)7-10/h2-7,18H,1H3,(H,17,19). The third-order valence-corrected chi connectivity index (χ3v) is 3.29. The molecule has 0 fully saturated rings. The van der Waals surface area contributed by atoms with E-state index in [0.29, 0.717) is 21.3 Å². The molecular weight excluding hydrogens is 313 g/mol. The molecule has 0 bridgehead atoms. The molecule has 0 saturated heterocycles. The zero-order valence-electron chi connectivity index (χ0n) is 10.1. The summed E-state index contributed by atoms with van der Waals surface area (Å²) in [6.45, 7) is 1.74. The van der Waals surface area contributed by atoms with Gasteiger partial charge in [0, 0.05) is 11.3 Å². The van der Waals surface area contributed by atoms with E-state index in [4.69, 9.17) is 0 Å². The number of phenols is 1. The predicted molar refractivity (Wildman–Crippen MR) is 74.9 cm³/mol. The molecule has 0 radical (unpaired) electrons. The first-order valence-electron chi connectivity index (χ1n) is 5.53. The lowest BCUT2D eigenvalue weighted by atomic mass is 10.1. The maximum atomic E-state index is 13.3. The number of halogens is 2. The summed E-state index contributed by atoms with van der Waals surface area (Å²) in [7, 11) is 0. The topological polar surface area (TPSA) is 49.3 Å². The SMILES string of the molecule is Cc1ccc(C(=O)Nc2ccc(Br)c(F)c2)cc1O. The molecule has 0 aromatic heterocycles. The number of phenolic OH excluding ortho intramolecular Hbond substituents is 1. The highest BCUT2D eigenvalue weighted by Crippen LogP contribution is 2.21. The maximum absolute atomic E-state index is 13.3. The number of rotatable bonds is 2. The molecule has 19 heavy (non-hydrogen) atoms. The first kappa shape index (κ1) is 13.5. The number of aromatic hydroxyl groups is 1. The molecular formula is C14H11BrFNO2. The van der Waals surface area contributed by atoms with Gasteiger partial charge in [-0.05, 0) is 58.7 Å². The van der Waals surface area contributed by atoms with E-state index < -0.39 is 11.7 Å². The van der Waals surface area contributed by atoms with Crippen LogP contribution in [-0.4, -0.2) is 11.0 Å². The van der Waals surface area contributed by atoms with Gasteiger partial charge in [0.2, 0.25) is 0 Å². The number of benzene rings is 2. The van der Waals surface area contributed by atoms with Crippen LogP contribution in [0.2, 0.25) is 0 Å². The second kappa shape index (κ2) is 5.40. The molecule has 0 saturated carbocycles. The lowest BCUT2D eigenvalue weighted by Gasteiger charge is -2.07. The molecule has 0 aliphatic heterocycles. The summed E-state index contributed by atoms with van der Waals surface area (Å²) in [5.74, 6) is -0.809. The van der Waals surface area contributed by atoms with Crippen LogP contribution in [0.4, 0.5) is 10.1 Å². The molecule has 0 aliphatic rings. The fourth-order valence-corrected chi connectivity index (χ4v) is 1.77. The highest BCUT2D eigenvalue weighted by molar-refractivity contribution is 9.10. The van der Waals surface area contributed by atoms with Gasteiger partial charge in [-0.25, -0.2) is 4.39 Å². The van der Waals surface area contributed by atoms with Gasteiger partial charge in [-0.1, -0.05) is 6.07 Å². The molecule has 2 aromatic rings. The Balaban J connectivity index is 2.20. The first-order valence-corrected chi connectivity index (χ1v) is 6.32. The fraction of sp³-hybridized carbons (Fsp3) is 0.0714. The van der Waals surface area contributed by atoms with Crippen molar-refractivity contribution in [2.24, 2.45) is 0 Å². The monoisotopic (exact) mass is 323 g/mol. The Morgan fingerprint density at radius 2 is 2.00 bits per heavy atom. The minimum absolute atomic E-state index is 0.0506. The van der Waals surface area contributed by atoms with E-state index in [2.05, 4.69) is 21.2 Å². The Morgan fingerprint density at radius 3 is 2.63 bits per heavy atom. The Kier molecular flexibility index (Phi) is 3.85. The fourth-order valence-electron chi connectivity index (χ4n) is 1.53. The molecule has 0 heterocycles. The third kappa shape index (κ3) is 3.12. The molecule has 1 amide bonds. The van der Waals surface area contributed by atoms with E-state index in [1.807, 2.05) is 0 Å². The summed E-state index contributed by atoms with van der Waals surface area (Å²) in [6, 6.07) is 8.93. The zero-order valence-corrected chi connectivity index (χ0v) is 11.7. The molecule has 2 rings (SSSR count). The van der Waals surface area contributed by atoms with Crippen LogP contribution < -0.4 is 5.32 Å². The molecule has 2 N–H and O–H groups in total. The van der Waals surface area contributed by atoms with Crippen molar-refractivity contribution < 1.29 is 14.3 Å². The smallest absolute Gasteiger partial charge is 0.255 e. The van der Waals surface area contributed by atoms with Crippen LogP contribution in [0.1, 0.15) is 15.9 Å². The van der Waals surface area contributed by atoms with Gasteiger partial charge in [-0.15, -0.1) is 0 Å². The van der Waals surface area contributed by atoms with Gasteiger partial charge in [0.25, 0.3) is 5.91 Å². The van der Waals surface area contributed by atoms with E-state index in [0.717, 1.165) is 0 Å². The van der Waals surface area contributed by atoms with Gasteiger partial charge in [0.1, 0.15) is 11.6 Å². The van der Waals surface area contributed by atoms with Crippen LogP contribution in [0.3, 0.4) is 0 Å². The lowest BCUT2D eigenvalue weighted by Crippen LogP contribution is -2.12. The third-order valence-electron chi connectivity index (χ3n) is 2.65. The normalized spacial score (nSPS) is 10.3. The van der Waals surface area contributed by atoms with Crippen molar-refractivity contribution in [1.29, 1.82) is 0 Å². The lowest BCUT2D eigenvalue weighted by molar-refractivity contribution is 0.102. The second-order valence-corrected chi connectivity index (χ2v) is 4.94. The van der Waals surface area contributed by atoms with Gasteiger partial charge < -0.3 is 10.4 Å². The van der Waals surface area contributed by atoms with Gasteiger partial charge in [-0.3, -0.25) is 4.79 Å². The van der Waals surface area contributed by atoms with E-state index in [1.165, 1.54) is 18.2 Å². The van der Waals surface area contributed by atoms with Crippen molar-refractivity contribution in [3.63, 3.8) is 0 Å². The van der Waals surface area contributed by atoms with Gasteiger partial charge >= 0.3 is 0 Å². The highest BCUT2D eigenvalue weighted by Gasteiger charge is 2.09. The molecule has 2 aromatic carbocycles. The molecule has 0 spiro atoms. The molecule has 0 atom stereocenters. The highest BCUT2D eigenvalue weighted by atomic mass is 79.9. The number of aryl methyl sites for hydroxylation is 1. The Labute approximate surface area is 118 Å². The number of hydrogen-bond acceptors (Lipinski definition) is 2. The molecule has 5 heteroatoms. The van der Waals surface area contributed by atoms with Crippen molar-refractivity contribution in [3.8, 4) is 5.75 Å². The van der Waals surface area contributed by atoms with Crippen LogP contribution in [0, 0.1) is 12.7 Å². The van der Waals surface area contributed by atoms with Crippen molar-refractivity contribution in [3.05, 3.63) is 57.8 Å². The van der Waals surface area contributed by atoms with Crippen LogP contribution in [-0.2, 0) is 0 Å². The number of amides is 1. The Hall–Kier alpha value is -1.88. The maximum Gasteiger partial charge on any atom is 0.255 e. The van der Waals surface area contributed by atoms with Crippen molar-refractivity contribution in [2.45, 2.75) is 6.92 Å². The van der Waals surface area contributed by atoms with Crippen LogP contribution in [0.5, 0.6) is 5.75 Å². The number of anilines is 1. The minimum Gasteiger partial charge on any atom is -0.508 e. The molecule has 0 unspecified atom stereocenters. The largest absolute Gasteiger partial charge is 0.508 e. The summed E-state index contributed by atoms with van der Waals surface area (Å²) in [4.78, 5) is 11.9.